The van der Waals surface area contributed by atoms with Crippen LogP contribution in [0.5, 0.6) is 0 Å². The molecule has 8 N–H and O–H groups in total. The first kappa shape index (κ1) is 70.3. The minimum atomic E-state index is -0.528. The number of anilines is 9. The number of likely N-dealkylation sites (N-methyl/N-ethyl adjacent to an activating group) is 1. The molecule has 0 spiro atoms. The van der Waals surface area contributed by atoms with Gasteiger partial charge in [-0.2, -0.15) is 0 Å². The smallest absolute Gasteiger partial charge is 0.254 e. The summed E-state index contributed by atoms with van der Waals surface area (Å²) in [4.78, 5) is 74.1. The first-order valence-corrected chi connectivity index (χ1v) is 36.2. The quantitative estimate of drug-likeness (QED) is 0.0502. The maximum absolute atomic E-state index is 12.8. The van der Waals surface area contributed by atoms with E-state index in [0.29, 0.717) is 139 Å². The number of imidazole rings is 3. The van der Waals surface area contributed by atoms with Crippen LogP contribution in [0.25, 0.3) is 50.7 Å². The summed E-state index contributed by atoms with van der Waals surface area (Å²) in [6.07, 6.45) is 15.6. The third-order valence-electron chi connectivity index (χ3n) is 19.5. The van der Waals surface area contributed by atoms with Crippen molar-refractivity contribution in [1.29, 1.82) is 0 Å². The van der Waals surface area contributed by atoms with Crippen LogP contribution in [0.2, 0.25) is 15.1 Å². The standard InChI is InChI=1S/C27H28ClN7O2.2C25H23ClN6O3/c1-33(2)15-19-16-34(9-10-37-19)18-3-6-24(29-12-18)32-22-5-4-20(21-13-31-27(36)26(21)22)23-14-30-25-11-17(28)7-8-35(23)25;2*26-15-5-6-32-21(12-28-23(32)9-15)18-2-3-20(24-19(18)11-29-25(24)34)30-22-4-1-16(10-27-22)31-7-8-35-14-17(33)13-31/h3-8,11-12,14,19H,9-10,13,15-16H2,1-2H3,(H,29,32)(H,31,36);2*1-6,9-10,12,17,33H,7-8,11,13-14H2,(H,27,30)(H,29,34)/t19-;2*17-/m010/s1. The summed E-state index contributed by atoms with van der Waals surface area (Å²) in [5.74, 6) is 1.57. The zero-order valence-corrected chi connectivity index (χ0v) is 60.5. The number of benzene rings is 3. The van der Waals surface area contributed by atoms with Gasteiger partial charge in [0.1, 0.15) is 34.4 Å². The minimum absolute atomic E-state index is 0.104. The SMILES string of the molecule is CN(C)C[C@H]1CN(c2ccc(Nc3ccc(-c4cnc5cc(Cl)ccn45)c4c3C(=O)NC4)nc2)CCO1.O=C1NCc2c(-c3cnc4cc(Cl)ccn34)ccc(Nc3ccc(N4CCOC[C@@H](O)C4)cn3)c21.O=C1NCc2c(-c3cnc4cc(Cl)ccn34)ccc(Nc3ccc(N4CCOC[C@H](O)C4)cn3)c21. The molecule has 3 saturated heterocycles. The Bertz CT molecular complexity index is 5130. The number of aliphatic hydroxyl groups is 2. The number of carbonyl (C=O) groups excluding carboxylic acids is 3. The lowest BCUT2D eigenvalue weighted by molar-refractivity contribution is 0.0247. The molecular weight excluding hydrogens is 1430 g/mol. The number of halogens is 3. The lowest BCUT2D eigenvalue weighted by atomic mass is 9.99. The summed E-state index contributed by atoms with van der Waals surface area (Å²) >= 11 is 18.4. The number of hydrogen-bond acceptors (Lipinski definition) is 21. The number of aromatic nitrogens is 9. The zero-order chi connectivity index (χ0) is 73.4. The van der Waals surface area contributed by atoms with E-state index in [1.165, 1.54) is 0 Å². The predicted molar refractivity (Wildman–Crippen MR) is 412 cm³/mol. The Morgan fingerprint density at radius 1 is 0.458 bits per heavy atom. The van der Waals surface area contributed by atoms with Crippen LogP contribution < -0.4 is 46.6 Å². The molecular formula is C77H74Cl3N19O8. The number of amides is 3. The molecule has 3 atom stereocenters. The van der Waals surface area contributed by atoms with Crippen LogP contribution in [0.1, 0.15) is 47.8 Å². The predicted octanol–water partition coefficient (Wildman–Crippen LogP) is 10.3. The Morgan fingerprint density at radius 2 is 0.813 bits per heavy atom. The fourth-order valence-corrected chi connectivity index (χ4v) is 14.9. The highest BCUT2D eigenvalue weighted by Crippen LogP contribution is 2.40. The third-order valence-corrected chi connectivity index (χ3v) is 20.2. The largest absolute Gasteiger partial charge is 0.389 e. The minimum Gasteiger partial charge on any atom is -0.389 e. The van der Waals surface area contributed by atoms with Gasteiger partial charge in [-0.25, -0.2) is 29.9 Å². The maximum Gasteiger partial charge on any atom is 0.254 e. The second kappa shape index (κ2) is 30.5. The monoisotopic (exact) mass is 1500 g/mol. The second-order valence-corrected chi connectivity index (χ2v) is 28.2. The van der Waals surface area contributed by atoms with Crippen molar-refractivity contribution < 1.29 is 38.8 Å². The number of carbonyl (C=O) groups is 3. The Labute approximate surface area is 629 Å². The van der Waals surface area contributed by atoms with E-state index in [2.05, 4.69) is 102 Å². The number of fused-ring (bicyclic) bond motifs is 6. The van der Waals surface area contributed by atoms with Crippen molar-refractivity contribution in [2.45, 2.75) is 37.9 Å². The van der Waals surface area contributed by atoms with Gasteiger partial charge >= 0.3 is 0 Å². The topological polar surface area (TPSA) is 295 Å². The lowest BCUT2D eigenvalue weighted by Gasteiger charge is -2.35. The van der Waals surface area contributed by atoms with Crippen LogP contribution in [0.3, 0.4) is 0 Å². The molecule has 27 nitrogen and oxygen atoms in total. The Balaban J connectivity index is 0.000000123. The molecule has 12 aromatic rings. The Kier molecular flexibility index (Phi) is 20.0. The van der Waals surface area contributed by atoms with E-state index in [-0.39, 0.29) is 23.8 Å². The highest BCUT2D eigenvalue weighted by Gasteiger charge is 2.32. The number of pyridine rings is 6. The van der Waals surface area contributed by atoms with E-state index < -0.39 is 12.2 Å². The molecule has 18 rings (SSSR count). The summed E-state index contributed by atoms with van der Waals surface area (Å²) in [5.41, 5.74) is 17.3. The van der Waals surface area contributed by atoms with Gasteiger partial charge in [0, 0.05) is 134 Å². The molecule has 3 aromatic carbocycles. The number of morpholine rings is 1. The zero-order valence-electron chi connectivity index (χ0n) is 58.2. The summed E-state index contributed by atoms with van der Waals surface area (Å²) in [7, 11) is 4.11. The van der Waals surface area contributed by atoms with E-state index >= 15 is 0 Å². The molecule has 0 saturated carbocycles. The summed E-state index contributed by atoms with van der Waals surface area (Å²) in [6, 6.07) is 34.3. The van der Waals surface area contributed by atoms with Crippen LogP contribution in [0.4, 0.5) is 51.6 Å². The van der Waals surface area contributed by atoms with Gasteiger partial charge in [-0.1, -0.05) is 53.0 Å². The van der Waals surface area contributed by atoms with Crippen molar-refractivity contribution in [1.82, 2.24) is 64.0 Å². The van der Waals surface area contributed by atoms with Crippen LogP contribution in [-0.4, -0.2) is 187 Å². The maximum atomic E-state index is 12.8. The number of β-amino-alcohol motifs (C(OH)–C–C–N with tert-alkyl or cyclic N) is 2. The number of nitrogens with one attached hydrogen (secondary N) is 6. The van der Waals surface area contributed by atoms with E-state index in [1.54, 1.807) is 36.9 Å². The molecule has 6 aliphatic heterocycles. The fraction of sp³-hybridized carbons (Fsp3) is 0.260. The molecule has 0 aliphatic carbocycles. The van der Waals surface area contributed by atoms with Crippen LogP contribution >= 0.6 is 34.8 Å². The van der Waals surface area contributed by atoms with Crippen LogP contribution in [0.15, 0.2) is 165 Å². The van der Waals surface area contributed by atoms with Gasteiger partial charge in [0.15, 0.2) is 0 Å². The van der Waals surface area contributed by atoms with Crippen molar-refractivity contribution in [3.05, 3.63) is 213 Å². The first-order chi connectivity index (χ1) is 52.1. The first-order valence-electron chi connectivity index (χ1n) is 35.0. The van der Waals surface area contributed by atoms with Crippen molar-refractivity contribution in [3.63, 3.8) is 0 Å². The van der Waals surface area contributed by atoms with Gasteiger partial charge in [-0.3, -0.25) is 27.6 Å². The fourth-order valence-electron chi connectivity index (χ4n) is 14.4. The van der Waals surface area contributed by atoms with Gasteiger partial charge in [0.25, 0.3) is 17.7 Å². The van der Waals surface area contributed by atoms with E-state index in [9.17, 15) is 24.6 Å². The molecule has 6 aliphatic rings. The van der Waals surface area contributed by atoms with Gasteiger partial charge < -0.3 is 75.9 Å². The van der Waals surface area contributed by atoms with Gasteiger partial charge in [0.2, 0.25) is 0 Å². The summed E-state index contributed by atoms with van der Waals surface area (Å²) < 4.78 is 22.6. The van der Waals surface area contributed by atoms with Crippen molar-refractivity contribution in [3.8, 4) is 33.8 Å². The van der Waals surface area contributed by atoms with Gasteiger partial charge in [-0.05, 0) is 104 Å². The second-order valence-electron chi connectivity index (χ2n) is 26.9. The molecule has 3 fully saturated rings. The molecule has 546 valence electrons. The highest BCUT2D eigenvalue weighted by atomic mass is 35.5. The molecule has 0 bridgehead atoms. The molecule has 15 heterocycles. The van der Waals surface area contributed by atoms with Crippen molar-refractivity contribution >= 4 is 121 Å². The normalized spacial score (nSPS) is 17.7. The molecule has 0 unspecified atom stereocenters. The lowest BCUT2D eigenvalue weighted by Crippen LogP contribution is -2.46. The molecule has 30 heteroatoms. The molecule has 9 aromatic heterocycles. The van der Waals surface area contributed by atoms with E-state index in [4.69, 9.17) is 49.0 Å². The van der Waals surface area contributed by atoms with Crippen LogP contribution in [-0.2, 0) is 33.8 Å². The number of nitrogens with zero attached hydrogens (tertiary/aromatic N) is 13. The van der Waals surface area contributed by atoms with Crippen LogP contribution in [0, 0.1) is 0 Å². The highest BCUT2D eigenvalue weighted by molar-refractivity contribution is 6.31. The van der Waals surface area contributed by atoms with Crippen molar-refractivity contribution in [2.75, 3.05) is 124 Å². The number of aliphatic hydroxyl groups excluding tert-OH is 2. The Hall–Kier alpha value is -11.0. The number of hydrogen-bond donors (Lipinski definition) is 8. The van der Waals surface area contributed by atoms with Gasteiger partial charge in [-0.15, -0.1) is 0 Å². The Morgan fingerprint density at radius 3 is 1.16 bits per heavy atom. The number of ether oxygens (including phenoxy) is 3. The third kappa shape index (κ3) is 14.9. The van der Waals surface area contributed by atoms with E-state index in [1.807, 2.05) is 135 Å². The summed E-state index contributed by atoms with van der Waals surface area (Å²) in [6.45, 7) is 8.76. The van der Waals surface area contributed by atoms with Crippen molar-refractivity contribution in [2.24, 2.45) is 0 Å². The molecule has 107 heavy (non-hydrogen) atoms. The van der Waals surface area contributed by atoms with Gasteiger partial charge in [0.05, 0.1) is 156 Å². The molecule has 3 amide bonds. The van der Waals surface area contributed by atoms with E-state index in [0.717, 1.165) is 110 Å². The molecule has 0 radical (unpaired) electrons. The summed E-state index contributed by atoms with van der Waals surface area (Å²) in [5, 5.41) is 40.7. The average molecular weight is 1500 g/mol. The number of rotatable bonds is 14. The average Bonchev–Trinajstić information content (AvgIpc) is 1.64.